The minimum absolute atomic E-state index is 0.181. The van der Waals surface area contributed by atoms with Crippen LogP contribution in [0.25, 0.3) is 0 Å². The van der Waals surface area contributed by atoms with Gasteiger partial charge >= 0.3 is 6.03 Å². The fourth-order valence-electron chi connectivity index (χ4n) is 5.47. The number of nitrogens with one attached hydrogen (secondary N) is 1. The van der Waals surface area contributed by atoms with Crippen LogP contribution in [0.5, 0.6) is 0 Å². The van der Waals surface area contributed by atoms with Gasteiger partial charge in [0.25, 0.3) is 0 Å². The molecule has 5 rings (SSSR count). The van der Waals surface area contributed by atoms with Crippen LogP contribution >= 0.6 is 11.6 Å². The van der Waals surface area contributed by atoms with Crippen LogP contribution in [0.1, 0.15) is 18.1 Å². The molecule has 0 saturated carbocycles. The van der Waals surface area contributed by atoms with Gasteiger partial charge in [-0.2, -0.15) is 0 Å². The number of barbiturate groups is 1. The fourth-order valence-corrected chi connectivity index (χ4v) is 5.71. The molecule has 172 valence electrons. The van der Waals surface area contributed by atoms with E-state index < -0.39 is 23.3 Å². The number of anilines is 1. The number of hydrogen-bond acceptors (Lipinski definition) is 5. The Labute approximate surface area is 198 Å². The second-order valence-corrected chi connectivity index (χ2v) is 9.35. The zero-order chi connectivity index (χ0) is 23.2. The number of imide groups is 2. The third-order valence-corrected chi connectivity index (χ3v) is 7.66. The SMILES string of the molecule is CCN1CCN2c3cccc(Cl)c3C[C@@]3(C(=O)NC(=O)N(CCc4ccccc4)C3=O)[C@@H]2C1. The summed E-state index contributed by atoms with van der Waals surface area (Å²) in [5.41, 5.74) is 1.39. The van der Waals surface area contributed by atoms with Gasteiger partial charge in [0.2, 0.25) is 11.8 Å². The minimum atomic E-state index is -1.41. The third kappa shape index (κ3) is 3.50. The van der Waals surface area contributed by atoms with Crippen molar-refractivity contribution in [3.05, 3.63) is 64.7 Å². The molecule has 3 heterocycles. The lowest BCUT2D eigenvalue weighted by Gasteiger charge is -2.55. The summed E-state index contributed by atoms with van der Waals surface area (Å²) in [6.45, 7) is 5.21. The lowest BCUT2D eigenvalue weighted by Crippen LogP contribution is -2.75. The van der Waals surface area contributed by atoms with E-state index in [1.54, 1.807) is 6.07 Å². The molecule has 2 atom stereocenters. The summed E-state index contributed by atoms with van der Waals surface area (Å²) in [5, 5.41) is 3.05. The van der Waals surface area contributed by atoms with Crippen LogP contribution in [0, 0.1) is 5.41 Å². The first-order valence-electron chi connectivity index (χ1n) is 11.4. The molecule has 2 aromatic carbocycles. The number of carbonyl (C=O) groups excluding carboxylic acids is 3. The molecule has 33 heavy (non-hydrogen) atoms. The Morgan fingerprint density at radius 1 is 1.06 bits per heavy atom. The number of halogens is 1. The molecule has 0 bridgehead atoms. The maximum Gasteiger partial charge on any atom is 0.330 e. The Balaban J connectivity index is 1.56. The van der Waals surface area contributed by atoms with Crippen LogP contribution in [0.3, 0.4) is 0 Å². The number of fused-ring (bicyclic) bond motifs is 4. The zero-order valence-corrected chi connectivity index (χ0v) is 19.3. The topological polar surface area (TPSA) is 73.0 Å². The highest BCUT2D eigenvalue weighted by Crippen LogP contribution is 2.47. The molecule has 3 aliphatic heterocycles. The quantitative estimate of drug-likeness (QED) is 0.701. The first-order valence-corrected chi connectivity index (χ1v) is 11.8. The van der Waals surface area contributed by atoms with Gasteiger partial charge in [0.15, 0.2) is 5.41 Å². The highest BCUT2D eigenvalue weighted by Gasteiger charge is 2.62. The highest BCUT2D eigenvalue weighted by atomic mass is 35.5. The van der Waals surface area contributed by atoms with Crippen molar-refractivity contribution in [2.75, 3.05) is 37.6 Å². The first-order chi connectivity index (χ1) is 16.0. The van der Waals surface area contributed by atoms with Crippen LogP contribution < -0.4 is 10.2 Å². The van der Waals surface area contributed by atoms with Crippen molar-refractivity contribution < 1.29 is 14.4 Å². The molecule has 8 heteroatoms. The number of likely N-dealkylation sites (N-methyl/N-ethyl adjacent to an activating group) is 1. The van der Waals surface area contributed by atoms with Gasteiger partial charge in [-0.3, -0.25) is 24.7 Å². The number of benzene rings is 2. The molecule has 3 aliphatic rings. The van der Waals surface area contributed by atoms with Gasteiger partial charge < -0.3 is 4.90 Å². The summed E-state index contributed by atoms with van der Waals surface area (Å²) in [6.07, 6.45) is 0.706. The average molecular weight is 467 g/mol. The number of rotatable bonds is 4. The van der Waals surface area contributed by atoms with E-state index in [0.29, 0.717) is 24.5 Å². The van der Waals surface area contributed by atoms with E-state index >= 15 is 0 Å². The number of hydrogen-bond donors (Lipinski definition) is 1. The normalized spacial score (nSPS) is 25.2. The fraction of sp³-hybridized carbons (Fsp3) is 0.400. The maximum atomic E-state index is 14.1. The van der Waals surface area contributed by atoms with Crippen molar-refractivity contribution in [3.63, 3.8) is 0 Å². The number of nitrogens with zero attached hydrogens (tertiary/aromatic N) is 3. The van der Waals surface area contributed by atoms with Crippen molar-refractivity contribution in [1.82, 2.24) is 15.1 Å². The molecule has 7 nitrogen and oxygen atoms in total. The van der Waals surface area contributed by atoms with Crippen LogP contribution in [-0.4, -0.2) is 66.4 Å². The van der Waals surface area contributed by atoms with E-state index in [1.165, 1.54) is 4.90 Å². The van der Waals surface area contributed by atoms with E-state index in [2.05, 4.69) is 22.0 Å². The van der Waals surface area contributed by atoms with Crippen molar-refractivity contribution >= 4 is 35.1 Å². The minimum Gasteiger partial charge on any atom is -0.364 e. The summed E-state index contributed by atoms with van der Waals surface area (Å²) in [7, 11) is 0. The average Bonchev–Trinajstić information content (AvgIpc) is 2.83. The van der Waals surface area contributed by atoms with Gasteiger partial charge in [0, 0.05) is 43.3 Å². The molecule has 1 N–H and O–H groups in total. The molecule has 0 radical (unpaired) electrons. The van der Waals surface area contributed by atoms with E-state index in [1.807, 2.05) is 42.5 Å². The van der Waals surface area contributed by atoms with Gasteiger partial charge in [0.1, 0.15) is 0 Å². The molecule has 2 aromatic rings. The van der Waals surface area contributed by atoms with Crippen LogP contribution in [0.4, 0.5) is 10.5 Å². The van der Waals surface area contributed by atoms with Crippen LogP contribution in [-0.2, 0) is 22.4 Å². The number of amides is 4. The number of urea groups is 1. The number of carbonyl (C=O) groups is 3. The first kappa shape index (κ1) is 21.9. The zero-order valence-electron chi connectivity index (χ0n) is 18.6. The second kappa shape index (κ2) is 8.47. The Morgan fingerprint density at radius 2 is 1.85 bits per heavy atom. The van der Waals surface area contributed by atoms with Crippen molar-refractivity contribution in [1.29, 1.82) is 0 Å². The smallest absolute Gasteiger partial charge is 0.330 e. The molecule has 4 amide bonds. The largest absolute Gasteiger partial charge is 0.364 e. The molecule has 2 saturated heterocycles. The van der Waals surface area contributed by atoms with E-state index in [-0.39, 0.29) is 19.0 Å². The van der Waals surface area contributed by atoms with Crippen LogP contribution in [0.15, 0.2) is 48.5 Å². The Kier molecular flexibility index (Phi) is 5.62. The predicted octanol–water partition coefficient (Wildman–Crippen LogP) is 2.71. The van der Waals surface area contributed by atoms with Gasteiger partial charge in [-0.15, -0.1) is 0 Å². The van der Waals surface area contributed by atoms with Crippen LogP contribution in [0.2, 0.25) is 5.02 Å². The standard InChI is InChI=1S/C25H27ClN4O3/c1-2-28-13-14-29-20-10-6-9-19(26)18(20)15-25(21(29)16-28)22(31)27-24(33)30(23(25)32)12-11-17-7-4-3-5-8-17/h3-10,21H,2,11-16H2,1H3,(H,27,31,33)/t21-,25-/m0/s1. The summed E-state index contributed by atoms with van der Waals surface area (Å²) in [4.78, 5) is 46.0. The van der Waals surface area contributed by atoms with Crippen molar-refractivity contribution in [2.45, 2.75) is 25.8 Å². The molecule has 2 fully saturated rings. The summed E-state index contributed by atoms with van der Waals surface area (Å²) < 4.78 is 0. The predicted molar refractivity (Wildman–Crippen MR) is 126 cm³/mol. The Morgan fingerprint density at radius 3 is 2.61 bits per heavy atom. The van der Waals surface area contributed by atoms with Crippen molar-refractivity contribution in [3.8, 4) is 0 Å². The summed E-state index contributed by atoms with van der Waals surface area (Å²) >= 11 is 6.57. The lowest BCUT2D eigenvalue weighted by atomic mass is 9.67. The van der Waals surface area contributed by atoms with Gasteiger partial charge in [-0.1, -0.05) is 54.9 Å². The van der Waals surface area contributed by atoms with Gasteiger partial charge in [-0.25, -0.2) is 4.79 Å². The lowest BCUT2D eigenvalue weighted by molar-refractivity contribution is -0.154. The van der Waals surface area contributed by atoms with E-state index in [9.17, 15) is 14.4 Å². The monoisotopic (exact) mass is 466 g/mol. The van der Waals surface area contributed by atoms with Crippen molar-refractivity contribution in [2.24, 2.45) is 5.41 Å². The molecular weight excluding hydrogens is 440 g/mol. The van der Waals surface area contributed by atoms with E-state index in [0.717, 1.165) is 29.9 Å². The second-order valence-electron chi connectivity index (χ2n) is 8.94. The molecule has 0 unspecified atom stereocenters. The number of piperazine rings is 1. The summed E-state index contributed by atoms with van der Waals surface area (Å²) in [6, 6.07) is 14.4. The third-order valence-electron chi connectivity index (χ3n) is 7.30. The molecule has 0 aromatic heterocycles. The molecule has 1 spiro atoms. The summed E-state index contributed by atoms with van der Waals surface area (Å²) in [5.74, 6) is -0.947. The van der Waals surface area contributed by atoms with Gasteiger partial charge in [-0.05, 0) is 36.2 Å². The Bertz CT molecular complexity index is 1110. The Hall–Kier alpha value is -2.90. The molecular formula is C25H27ClN4O3. The molecule has 0 aliphatic carbocycles. The highest BCUT2D eigenvalue weighted by molar-refractivity contribution is 6.32. The van der Waals surface area contributed by atoms with E-state index in [4.69, 9.17) is 11.6 Å². The van der Waals surface area contributed by atoms with Gasteiger partial charge in [0.05, 0.1) is 6.04 Å². The maximum absolute atomic E-state index is 14.1.